The van der Waals surface area contributed by atoms with Gasteiger partial charge in [0.2, 0.25) is 0 Å². The van der Waals surface area contributed by atoms with Crippen LogP contribution >= 0.6 is 0 Å². The fraction of sp³-hybridized carbons (Fsp3) is 0.308. The fourth-order valence-electron chi connectivity index (χ4n) is 1.82. The number of non-ortho nitro benzene ring substituents is 1. The van der Waals surface area contributed by atoms with E-state index in [1.807, 2.05) is 0 Å². The SMILES string of the molecule is CS(=O)CCCNc1ccc2cc([N+](=O)[O-])ccc2n1. The van der Waals surface area contributed by atoms with Crippen molar-refractivity contribution in [3.63, 3.8) is 0 Å². The first-order chi connectivity index (χ1) is 9.56. The van der Waals surface area contributed by atoms with Crippen molar-refractivity contribution >= 4 is 33.2 Å². The lowest BCUT2D eigenvalue weighted by Crippen LogP contribution is -2.07. The van der Waals surface area contributed by atoms with E-state index >= 15 is 0 Å². The van der Waals surface area contributed by atoms with Gasteiger partial charge in [0.1, 0.15) is 5.82 Å². The van der Waals surface area contributed by atoms with Gasteiger partial charge in [-0.3, -0.25) is 14.3 Å². The molecule has 0 saturated carbocycles. The molecule has 1 atom stereocenters. The Morgan fingerprint density at radius 1 is 1.35 bits per heavy atom. The van der Waals surface area contributed by atoms with Gasteiger partial charge in [0.15, 0.2) is 0 Å². The zero-order valence-corrected chi connectivity index (χ0v) is 11.9. The monoisotopic (exact) mass is 293 g/mol. The summed E-state index contributed by atoms with van der Waals surface area (Å²) in [5, 5.41) is 14.6. The summed E-state index contributed by atoms with van der Waals surface area (Å²) in [6.07, 6.45) is 2.49. The third-order valence-electron chi connectivity index (χ3n) is 2.80. The molecule has 7 heteroatoms. The maximum absolute atomic E-state index is 10.9. The summed E-state index contributed by atoms with van der Waals surface area (Å²) in [6.45, 7) is 0.699. The Kier molecular flexibility index (Phi) is 4.62. The number of anilines is 1. The molecule has 20 heavy (non-hydrogen) atoms. The molecule has 1 aromatic carbocycles. The second kappa shape index (κ2) is 6.42. The van der Waals surface area contributed by atoms with Gasteiger partial charge in [-0.1, -0.05) is 0 Å². The molecule has 1 unspecified atom stereocenters. The first-order valence-corrected chi connectivity index (χ1v) is 7.88. The van der Waals surface area contributed by atoms with E-state index in [0.717, 1.165) is 11.8 Å². The lowest BCUT2D eigenvalue weighted by atomic mass is 10.2. The molecule has 0 aliphatic carbocycles. The molecular formula is C13H15N3O3S. The maximum Gasteiger partial charge on any atom is 0.270 e. The summed E-state index contributed by atoms with van der Waals surface area (Å²) in [5.41, 5.74) is 0.769. The second-order valence-corrected chi connectivity index (χ2v) is 5.94. The number of nitrogens with one attached hydrogen (secondary N) is 1. The van der Waals surface area contributed by atoms with Crippen molar-refractivity contribution in [3.05, 3.63) is 40.4 Å². The molecule has 0 saturated heterocycles. The van der Waals surface area contributed by atoms with E-state index in [1.54, 1.807) is 24.5 Å². The Hall–Kier alpha value is -2.02. The van der Waals surface area contributed by atoms with Crippen molar-refractivity contribution in [2.24, 2.45) is 0 Å². The van der Waals surface area contributed by atoms with Gasteiger partial charge in [-0.2, -0.15) is 0 Å². The number of pyridine rings is 1. The van der Waals surface area contributed by atoms with E-state index in [0.29, 0.717) is 23.6 Å². The van der Waals surface area contributed by atoms with E-state index in [1.165, 1.54) is 12.1 Å². The second-order valence-electron chi connectivity index (χ2n) is 4.39. The Labute approximate surface area is 118 Å². The Balaban J connectivity index is 2.08. The van der Waals surface area contributed by atoms with Crippen LogP contribution in [0.5, 0.6) is 0 Å². The molecule has 1 N–H and O–H groups in total. The predicted octanol–water partition coefficient (Wildman–Crippen LogP) is 2.32. The minimum atomic E-state index is -0.777. The summed E-state index contributed by atoms with van der Waals surface area (Å²) in [6, 6.07) is 8.18. The standard InChI is InChI=1S/C13H15N3O3S/c1-20(19)8-2-7-14-13-6-3-10-9-11(16(17)18)4-5-12(10)15-13/h3-6,9H,2,7-8H2,1H3,(H,14,15). The Morgan fingerprint density at radius 2 is 2.15 bits per heavy atom. The van der Waals surface area contributed by atoms with Crippen LogP contribution in [0.1, 0.15) is 6.42 Å². The average molecular weight is 293 g/mol. The molecule has 0 amide bonds. The number of benzene rings is 1. The van der Waals surface area contributed by atoms with Crippen molar-refractivity contribution in [3.8, 4) is 0 Å². The number of hydrogen-bond donors (Lipinski definition) is 1. The van der Waals surface area contributed by atoms with E-state index < -0.39 is 15.7 Å². The highest BCUT2D eigenvalue weighted by Crippen LogP contribution is 2.20. The van der Waals surface area contributed by atoms with Gasteiger partial charge in [0.25, 0.3) is 5.69 Å². The first kappa shape index (κ1) is 14.4. The highest BCUT2D eigenvalue weighted by Gasteiger charge is 2.07. The summed E-state index contributed by atoms with van der Waals surface area (Å²) in [7, 11) is -0.777. The molecule has 1 heterocycles. The normalized spacial score (nSPS) is 12.2. The van der Waals surface area contributed by atoms with Gasteiger partial charge in [-0.05, 0) is 24.6 Å². The van der Waals surface area contributed by atoms with Crippen molar-refractivity contribution in [1.29, 1.82) is 0 Å². The van der Waals surface area contributed by atoms with Crippen LogP contribution < -0.4 is 5.32 Å². The third-order valence-corrected chi connectivity index (χ3v) is 3.66. The molecule has 0 aliphatic rings. The van der Waals surface area contributed by atoms with Crippen molar-refractivity contribution in [2.45, 2.75) is 6.42 Å². The van der Waals surface area contributed by atoms with E-state index in [2.05, 4.69) is 10.3 Å². The van der Waals surface area contributed by atoms with Gasteiger partial charge < -0.3 is 5.32 Å². The molecule has 2 aromatic rings. The molecular weight excluding hydrogens is 278 g/mol. The zero-order chi connectivity index (χ0) is 14.5. The van der Waals surface area contributed by atoms with Gasteiger partial charge in [0, 0.05) is 46.9 Å². The molecule has 6 nitrogen and oxygen atoms in total. The first-order valence-electron chi connectivity index (χ1n) is 6.15. The Morgan fingerprint density at radius 3 is 2.85 bits per heavy atom. The van der Waals surface area contributed by atoms with Crippen molar-refractivity contribution < 1.29 is 9.13 Å². The number of nitro groups is 1. The maximum atomic E-state index is 10.9. The van der Waals surface area contributed by atoms with Crippen LogP contribution in [0.2, 0.25) is 0 Å². The summed E-state index contributed by atoms with van der Waals surface area (Å²) in [4.78, 5) is 14.7. The molecule has 0 radical (unpaired) electrons. The summed E-state index contributed by atoms with van der Waals surface area (Å²) in [5.74, 6) is 1.38. The Bertz CT molecular complexity index is 660. The third kappa shape index (κ3) is 3.74. The highest BCUT2D eigenvalue weighted by molar-refractivity contribution is 7.84. The number of fused-ring (bicyclic) bond motifs is 1. The lowest BCUT2D eigenvalue weighted by Gasteiger charge is -2.06. The lowest BCUT2D eigenvalue weighted by molar-refractivity contribution is -0.384. The molecule has 106 valence electrons. The zero-order valence-electron chi connectivity index (χ0n) is 11.0. The van der Waals surface area contributed by atoms with Gasteiger partial charge in [0.05, 0.1) is 10.4 Å². The van der Waals surface area contributed by atoms with Crippen LogP contribution in [0.3, 0.4) is 0 Å². The minimum Gasteiger partial charge on any atom is -0.370 e. The molecule has 0 spiro atoms. The average Bonchev–Trinajstić information content (AvgIpc) is 2.42. The topological polar surface area (TPSA) is 85.1 Å². The van der Waals surface area contributed by atoms with Crippen LogP contribution in [0.15, 0.2) is 30.3 Å². The molecule has 0 bridgehead atoms. The predicted molar refractivity (Wildman–Crippen MR) is 80.4 cm³/mol. The quantitative estimate of drug-likeness (QED) is 0.502. The largest absolute Gasteiger partial charge is 0.370 e. The number of nitro benzene ring substituents is 1. The molecule has 0 fully saturated rings. The van der Waals surface area contributed by atoms with Crippen LogP contribution in [0, 0.1) is 10.1 Å². The summed E-state index contributed by atoms with van der Waals surface area (Å²) >= 11 is 0. The van der Waals surface area contributed by atoms with E-state index in [4.69, 9.17) is 0 Å². The van der Waals surface area contributed by atoms with Gasteiger partial charge in [-0.25, -0.2) is 4.98 Å². The van der Waals surface area contributed by atoms with E-state index in [-0.39, 0.29) is 5.69 Å². The number of hydrogen-bond acceptors (Lipinski definition) is 5. The molecule has 0 aliphatic heterocycles. The number of rotatable bonds is 6. The molecule has 1 aromatic heterocycles. The van der Waals surface area contributed by atoms with E-state index in [9.17, 15) is 14.3 Å². The number of aromatic nitrogens is 1. The van der Waals surface area contributed by atoms with Crippen LogP contribution in [-0.2, 0) is 10.8 Å². The van der Waals surface area contributed by atoms with Gasteiger partial charge in [-0.15, -0.1) is 0 Å². The minimum absolute atomic E-state index is 0.0606. The summed E-state index contributed by atoms with van der Waals surface area (Å²) < 4.78 is 10.9. The van der Waals surface area contributed by atoms with Crippen molar-refractivity contribution in [2.75, 3.05) is 23.9 Å². The van der Waals surface area contributed by atoms with Crippen LogP contribution in [0.4, 0.5) is 11.5 Å². The van der Waals surface area contributed by atoms with Crippen LogP contribution in [0.25, 0.3) is 10.9 Å². The highest BCUT2D eigenvalue weighted by atomic mass is 32.2. The number of nitrogens with zero attached hydrogens (tertiary/aromatic N) is 2. The fourth-order valence-corrected chi connectivity index (χ4v) is 2.37. The smallest absolute Gasteiger partial charge is 0.270 e. The van der Waals surface area contributed by atoms with Crippen LogP contribution in [-0.4, -0.2) is 32.7 Å². The molecule has 2 rings (SSSR count). The van der Waals surface area contributed by atoms with Crippen molar-refractivity contribution in [1.82, 2.24) is 4.98 Å². The van der Waals surface area contributed by atoms with Gasteiger partial charge >= 0.3 is 0 Å².